The Morgan fingerprint density at radius 2 is 2.06 bits per heavy atom. The van der Waals surface area contributed by atoms with Crippen molar-refractivity contribution >= 4 is 27.3 Å². The van der Waals surface area contributed by atoms with Gasteiger partial charge in [0.25, 0.3) is 0 Å². The van der Waals surface area contributed by atoms with E-state index in [1.807, 2.05) is 35.6 Å². The second-order valence-corrected chi connectivity index (χ2v) is 4.93. The van der Waals surface area contributed by atoms with Gasteiger partial charge in [-0.05, 0) is 25.1 Å². The molecule has 1 aromatic carbocycles. The average molecular weight is 304 g/mol. The summed E-state index contributed by atoms with van der Waals surface area (Å²) in [4.78, 5) is 4.25. The number of rotatable bonds is 1. The first-order valence-electron chi connectivity index (χ1n) is 5.38. The van der Waals surface area contributed by atoms with Crippen molar-refractivity contribution in [3.8, 4) is 11.4 Å². The fourth-order valence-corrected chi connectivity index (χ4v) is 2.16. The van der Waals surface area contributed by atoms with Gasteiger partial charge in [0.1, 0.15) is 6.33 Å². The summed E-state index contributed by atoms with van der Waals surface area (Å²) < 4.78 is 2.77. The minimum Gasteiger partial charge on any atom is -0.398 e. The van der Waals surface area contributed by atoms with Crippen LogP contribution in [0.1, 0.15) is 5.69 Å². The highest BCUT2D eigenvalue weighted by molar-refractivity contribution is 9.10. The third-order valence-corrected chi connectivity index (χ3v) is 3.19. The molecule has 2 aromatic heterocycles. The van der Waals surface area contributed by atoms with Gasteiger partial charge in [-0.3, -0.25) is 4.40 Å². The Balaban J connectivity index is 2.28. The van der Waals surface area contributed by atoms with Crippen LogP contribution in [0.25, 0.3) is 17.0 Å². The summed E-state index contributed by atoms with van der Waals surface area (Å²) >= 11 is 3.43. The summed E-state index contributed by atoms with van der Waals surface area (Å²) in [5, 5.41) is 8.31. The zero-order valence-electron chi connectivity index (χ0n) is 9.63. The van der Waals surface area contributed by atoms with E-state index in [9.17, 15) is 0 Å². The van der Waals surface area contributed by atoms with Crippen LogP contribution in [0.4, 0.5) is 5.69 Å². The first-order valence-corrected chi connectivity index (χ1v) is 6.17. The summed E-state index contributed by atoms with van der Waals surface area (Å²) in [5.74, 6) is 0.691. The second kappa shape index (κ2) is 4.06. The number of aromatic nitrogens is 4. The maximum atomic E-state index is 5.98. The van der Waals surface area contributed by atoms with Gasteiger partial charge in [0.2, 0.25) is 0 Å². The van der Waals surface area contributed by atoms with Crippen LogP contribution in [0.3, 0.4) is 0 Å². The minimum atomic E-state index is 0.660. The molecule has 0 aliphatic carbocycles. The van der Waals surface area contributed by atoms with Gasteiger partial charge in [0.05, 0.1) is 0 Å². The standard InChI is InChI=1S/C12H10BrN5/c1-7-4-11-16-17-12(18(11)6-15-7)9-5-8(13)2-3-10(9)14/h2-6H,14H2,1H3. The van der Waals surface area contributed by atoms with Gasteiger partial charge in [-0.25, -0.2) is 4.98 Å². The van der Waals surface area contributed by atoms with E-state index in [1.54, 1.807) is 6.33 Å². The largest absolute Gasteiger partial charge is 0.398 e. The van der Waals surface area contributed by atoms with Crippen LogP contribution in [-0.2, 0) is 0 Å². The molecule has 0 unspecified atom stereocenters. The molecule has 0 aliphatic rings. The molecule has 0 saturated heterocycles. The lowest BCUT2D eigenvalue weighted by atomic mass is 10.2. The van der Waals surface area contributed by atoms with E-state index in [-0.39, 0.29) is 0 Å². The van der Waals surface area contributed by atoms with Crippen LogP contribution in [0, 0.1) is 6.92 Å². The van der Waals surface area contributed by atoms with Gasteiger partial charge in [-0.1, -0.05) is 15.9 Å². The molecule has 3 rings (SSSR count). The highest BCUT2D eigenvalue weighted by atomic mass is 79.9. The molecule has 2 N–H and O–H groups in total. The summed E-state index contributed by atoms with van der Waals surface area (Å²) in [5.41, 5.74) is 9.14. The summed E-state index contributed by atoms with van der Waals surface area (Å²) in [7, 11) is 0. The Labute approximate surface area is 112 Å². The van der Waals surface area contributed by atoms with Gasteiger partial charge >= 0.3 is 0 Å². The Bertz CT molecular complexity index is 734. The number of benzene rings is 1. The third-order valence-electron chi connectivity index (χ3n) is 2.69. The Hall–Kier alpha value is -1.95. The van der Waals surface area contributed by atoms with E-state index in [1.165, 1.54) is 0 Å². The molecule has 0 aliphatic heterocycles. The highest BCUT2D eigenvalue weighted by Crippen LogP contribution is 2.27. The molecular formula is C12H10BrN5. The van der Waals surface area contributed by atoms with Crippen molar-refractivity contribution in [2.45, 2.75) is 6.92 Å². The summed E-state index contributed by atoms with van der Waals surface area (Å²) in [6.07, 6.45) is 1.71. The molecule has 0 fully saturated rings. The van der Waals surface area contributed by atoms with Crippen molar-refractivity contribution in [1.82, 2.24) is 19.6 Å². The van der Waals surface area contributed by atoms with E-state index >= 15 is 0 Å². The monoisotopic (exact) mass is 303 g/mol. The molecule has 2 heterocycles. The van der Waals surface area contributed by atoms with Crippen molar-refractivity contribution in [2.75, 3.05) is 5.73 Å². The van der Waals surface area contributed by atoms with Crippen LogP contribution in [0.2, 0.25) is 0 Å². The number of nitrogen functional groups attached to an aromatic ring is 1. The predicted octanol–water partition coefficient (Wildman–Crippen LogP) is 2.44. The molecule has 0 spiro atoms. The van der Waals surface area contributed by atoms with E-state index in [4.69, 9.17) is 5.73 Å². The van der Waals surface area contributed by atoms with Crippen molar-refractivity contribution in [1.29, 1.82) is 0 Å². The van der Waals surface area contributed by atoms with Crippen molar-refractivity contribution in [3.63, 3.8) is 0 Å². The lowest BCUT2D eigenvalue weighted by Crippen LogP contribution is -1.96. The van der Waals surface area contributed by atoms with E-state index in [0.717, 1.165) is 21.4 Å². The maximum absolute atomic E-state index is 5.98. The lowest BCUT2D eigenvalue weighted by Gasteiger charge is -2.04. The van der Waals surface area contributed by atoms with Crippen LogP contribution in [-0.4, -0.2) is 19.6 Å². The normalized spacial score (nSPS) is 11.0. The molecule has 6 heteroatoms. The minimum absolute atomic E-state index is 0.660. The predicted molar refractivity (Wildman–Crippen MR) is 73.1 cm³/mol. The lowest BCUT2D eigenvalue weighted by molar-refractivity contribution is 1.05. The number of fused-ring (bicyclic) bond motifs is 1. The quantitative estimate of drug-likeness (QED) is 0.701. The average Bonchev–Trinajstić information content (AvgIpc) is 2.75. The summed E-state index contributed by atoms with van der Waals surface area (Å²) in [6.45, 7) is 1.92. The Morgan fingerprint density at radius 3 is 2.89 bits per heavy atom. The van der Waals surface area contributed by atoms with Crippen LogP contribution in [0.5, 0.6) is 0 Å². The summed E-state index contributed by atoms with van der Waals surface area (Å²) in [6, 6.07) is 7.53. The van der Waals surface area contributed by atoms with E-state index in [0.29, 0.717) is 11.5 Å². The number of halogens is 1. The first-order chi connectivity index (χ1) is 8.65. The molecular weight excluding hydrogens is 294 g/mol. The van der Waals surface area contributed by atoms with E-state index < -0.39 is 0 Å². The van der Waals surface area contributed by atoms with Crippen LogP contribution < -0.4 is 5.73 Å². The van der Waals surface area contributed by atoms with Gasteiger partial charge in [0.15, 0.2) is 11.5 Å². The molecule has 0 radical (unpaired) electrons. The van der Waals surface area contributed by atoms with Crippen molar-refractivity contribution in [2.24, 2.45) is 0 Å². The fraction of sp³-hybridized carbons (Fsp3) is 0.0833. The maximum Gasteiger partial charge on any atom is 0.171 e. The molecule has 18 heavy (non-hydrogen) atoms. The smallest absolute Gasteiger partial charge is 0.171 e. The fourth-order valence-electron chi connectivity index (χ4n) is 1.79. The molecule has 0 saturated carbocycles. The topological polar surface area (TPSA) is 69.1 Å². The Kier molecular flexibility index (Phi) is 2.52. The van der Waals surface area contributed by atoms with E-state index in [2.05, 4.69) is 31.1 Å². The second-order valence-electron chi connectivity index (χ2n) is 4.01. The number of nitrogens with zero attached hydrogens (tertiary/aromatic N) is 4. The number of nitrogens with two attached hydrogens (primary N) is 1. The zero-order chi connectivity index (χ0) is 12.7. The molecule has 5 nitrogen and oxygen atoms in total. The molecule has 90 valence electrons. The molecule has 0 bridgehead atoms. The zero-order valence-corrected chi connectivity index (χ0v) is 11.2. The molecule has 0 amide bonds. The van der Waals surface area contributed by atoms with Crippen molar-refractivity contribution in [3.05, 3.63) is 40.8 Å². The van der Waals surface area contributed by atoms with Gasteiger partial charge < -0.3 is 5.73 Å². The van der Waals surface area contributed by atoms with Gasteiger partial charge in [0, 0.05) is 27.5 Å². The molecule has 0 atom stereocenters. The van der Waals surface area contributed by atoms with Gasteiger partial charge in [-0.15, -0.1) is 10.2 Å². The SMILES string of the molecule is Cc1cc2nnc(-c3cc(Br)ccc3N)n2cn1. The van der Waals surface area contributed by atoms with Gasteiger partial charge in [-0.2, -0.15) is 0 Å². The number of hydrogen-bond donors (Lipinski definition) is 1. The number of hydrogen-bond acceptors (Lipinski definition) is 4. The first kappa shape index (κ1) is 11.2. The highest BCUT2D eigenvalue weighted by Gasteiger charge is 2.11. The van der Waals surface area contributed by atoms with Crippen LogP contribution in [0.15, 0.2) is 35.1 Å². The van der Waals surface area contributed by atoms with Crippen molar-refractivity contribution < 1.29 is 0 Å². The number of anilines is 1. The number of aryl methyl sites for hydroxylation is 1. The Morgan fingerprint density at radius 1 is 1.22 bits per heavy atom. The van der Waals surface area contributed by atoms with Crippen LogP contribution >= 0.6 is 15.9 Å². The molecule has 3 aromatic rings. The third kappa shape index (κ3) is 1.74.